The fourth-order valence-corrected chi connectivity index (χ4v) is 3.05. The molecular formula is C21H19Cl3N2STi. The van der Waals surface area contributed by atoms with E-state index in [9.17, 15) is 0 Å². The molecule has 144 valence electrons. The van der Waals surface area contributed by atoms with Crippen molar-refractivity contribution < 1.29 is 14.7 Å². The van der Waals surface area contributed by atoms with Gasteiger partial charge in [-0.15, -0.1) is 11.4 Å². The van der Waals surface area contributed by atoms with Crippen molar-refractivity contribution in [1.82, 2.24) is 0 Å². The summed E-state index contributed by atoms with van der Waals surface area (Å²) in [6, 6.07) is 24.5. The van der Waals surface area contributed by atoms with Crippen molar-refractivity contribution in [2.24, 2.45) is 4.40 Å². The third-order valence-corrected chi connectivity index (χ3v) is 4.44. The van der Waals surface area contributed by atoms with Gasteiger partial charge in [0.15, 0.2) is 0 Å². The Kier molecular flexibility index (Phi) is 10.5. The Hall–Kier alpha value is -0.936. The molecule has 2 nitrogen and oxygen atoms in total. The van der Waals surface area contributed by atoms with Gasteiger partial charge in [0, 0.05) is 23.1 Å². The van der Waals surface area contributed by atoms with E-state index in [0.717, 1.165) is 21.8 Å². The zero-order chi connectivity index (χ0) is 20.4. The van der Waals surface area contributed by atoms with Crippen LogP contribution in [0.1, 0.15) is 16.7 Å². The molecule has 0 radical (unpaired) electrons. The van der Waals surface area contributed by atoms with Gasteiger partial charge in [0.2, 0.25) is 0 Å². The number of aryl methyl sites for hydroxylation is 2. The van der Waals surface area contributed by atoms with E-state index in [1.54, 1.807) is 0 Å². The molecule has 0 fully saturated rings. The molecule has 0 saturated carbocycles. The van der Waals surface area contributed by atoms with Crippen LogP contribution in [0.4, 0.5) is 11.4 Å². The van der Waals surface area contributed by atoms with Gasteiger partial charge in [-0.3, -0.25) is 0 Å². The second-order valence-electron chi connectivity index (χ2n) is 5.77. The summed E-state index contributed by atoms with van der Waals surface area (Å²) in [5.74, 6) is 0. The van der Waals surface area contributed by atoms with Crippen LogP contribution in [-0.4, -0.2) is 6.21 Å². The van der Waals surface area contributed by atoms with Crippen LogP contribution in [0.25, 0.3) is 5.32 Å². The fourth-order valence-electron chi connectivity index (χ4n) is 2.41. The van der Waals surface area contributed by atoms with Crippen molar-refractivity contribution in [3.05, 3.63) is 94.8 Å². The predicted molar refractivity (Wildman–Crippen MR) is 122 cm³/mol. The van der Waals surface area contributed by atoms with E-state index >= 15 is 0 Å². The molecule has 0 aliphatic heterocycles. The second-order valence-corrected chi connectivity index (χ2v) is 14.3. The summed E-state index contributed by atoms with van der Waals surface area (Å²) in [5, 5.41) is 4.87. The maximum absolute atomic E-state index is 4.97. The van der Waals surface area contributed by atoms with E-state index in [2.05, 4.69) is 42.5 Å². The molecule has 3 aromatic rings. The van der Waals surface area contributed by atoms with E-state index in [0.29, 0.717) is 0 Å². The molecule has 0 aliphatic rings. The quantitative estimate of drug-likeness (QED) is 0.201. The molecule has 0 aromatic heterocycles. The Morgan fingerprint density at radius 1 is 0.821 bits per heavy atom. The first kappa shape index (κ1) is 23.3. The van der Waals surface area contributed by atoms with Gasteiger partial charge in [-0.05, 0) is 25.5 Å². The first-order valence-corrected chi connectivity index (χ1v) is 15.6. The number of para-hydroxylation sites is 2. The minimum absolute atomic E-state index is 0.949. The Labute approximate surface area is 188 Å². The molecule has 0 heterocycles. The van der Waals surface area contributed by atoms with Crippen molar-refractivity contribution in [2.45, 2.75) is 18.7 Å². The number of halogens is 3. The number of rotatable bonds is 5. The monoisotopic (exact) mass is 484 g/mol. The average molecular weight is 486 g/mol. The van der Waals surface area contributed by atoms with Gasteiger partial charge in [-0.25, -0.2) is 4.40 Å². The van der Waals surface area contributed by atoms with Crippen LogP contribution in [0, 0.1) is 13.8 Å². The average Bonchev–Trinajstić information content (AvgIpc) is 2.66. The van der Waals surface area contributed by atoms with E-state index in [4.69, 9.17) is 33.2 Å². The van der Waals surface area contributed by atoms with Crippen LogP contribution >= 0.6 is 39.9 Å². The van der Waals surface area contributed by atoms with Crippen LogP contribution in [0.5, 0.6) is 0 Å². The van der Waals surface area contributed by atoms with Gasteiger partial charge in [0.25, 0.3) is 0 Å². The molecule has 0 atom stereocenters. The Morgan fingerprint density at radius 2 is 1.39 bits per heavy atom. The van der Waals surface area contributed by atoms with E-state index in [1.807, 2.05) is 54.7 Å². The molecule has 0 aliphatic carbocycles. The minimum atomic E-state index is -1.92. The molecule has 0 saturated heterocycles. The van der Waals surface area contributed by atoms with Crippen molar-refractivity contribution >= 4 is 57.5 Å². The summed E-state index contributed by atoms with van der Waals surface area (Å²) in [6.07, 6.45) is 1.88. The van der Waals surface area contributed by atoms with Gasteiger partial charge in [0.05, 0.1) is 0 Å². The van der Waals surface area contributed by atoms with Crippen molar-refractivity contribution in [3.63, 3.8) is 0 Å². The van der Waals surface area contributed by atoms with Crippen LogP contribution < -0.4 is 0 Å². The maximum atomic E-state index is 4.97. The first-order chi connectivity index (χ1) is 13.5. The van der Waals surface area contributed by atoms with Gasteiger partial charge >= 0.3 is 42.6 Å². The molecular weight excluding hydrogens is 467 g/mol. The summed E-state index contributed by atoms with van der Waals surface area (Å²) in [6.45, 7) is 4.18. The zero-order valence-electron chi connectivity index (χ0n) is 15.4. The van der Waals surface area contributed by atoms with Crippen LogP contribution in [0.2, 0.25) is 0 Å². The fraction of sp³-hybridized carbons (Fsp3) is 0.0952. The predicted octanol–water partition coefficient (Wildman–Crippen LogP) is 8.83. The second kappa shape index (κ2) is 12.6. The molecule has 3 rings (SSSR count). The number of hydrogen-bond acceptors (Lipinski definition) is 2. The van der Waals surface area contributed by atoms with Gasteiger partial charge in [-0.2, -0.15) is 0 Å². The number of nitrogens with zero attached hydrogens (tertiary/aromatic N) is 2. The third-order valence-electron chi connectivity index (χ3n) is 3.69. The van der Waals surface area contributed by atoms with Gasteiger partial charge in [-0.1, -0.05) is 77.9 Å². The summed E-state index contributed by atoms with van der Waals surface area (Å²) >= 11 is -0.468. The van der Waals surface area contributed by atoms with Crippen LogP contribution in [-0.2, 0) is 14.7 Å². The van der Waals surface area contributed by atoms with E-state index in [-0.39, 0.29) is 0 Å². The molecule has 0 spiro atoms. The van der Waals surface area contributed by atoms with Crippen molar-refractivity contribution in [1.29, 1.82) is 0 Å². The Bertz CT molecular complexity index is 882. The molecule has 0 unspecified atom stereocenters. The molecule has 28 heavy (non-hydrogen) atoms. The summed E-state index contributed by atoms with van der Waals surface area (Å²) in [4.78, 5) is 1.05. The van der Waals surface area contributed by atoms with Crippen LogP contribution in [0.3, 0.4) is 0 Å². The Morgan fingerprint density at radius 3 is 2.04 bits per heavy atom. The molecule has 0 bridgehead atoms. The zero-order valence-corrected chi connectivity index (χ0v) is 20.1. The number of benzene rings is 3. The van der Waals surface area contributed by atoms with E-state index < -0.39 is 14.7 Å². The third kappa shape index (κ3) is 8.20. The summed E-state index contributed by atoms with van der Waals surface area (Å²) in [7, 11) is 14.9. The first-order valence-electron chi connectivity index (χ1n) is 8.43. The topological polar surface area (TPSA) is 26.5 Å². The van der Waals surface area contributed by atoms with Gasteiger partial charge < -0.3 is 5.32 Å². The summed E-state index contributed by atoms with van der Waals surface area (Å²) in [5.41, 5.74) is 5.45. The SMILES string of the molecule is Cc1cccc(C)c1[N-]c1ccccc1S/N=C\c1ccccc1.[Cl][Ti+]([Cl])[Cl]. The van der Waals surface area contributed by atoms with Gasteiger partial charge in [0.1, 0.15) is 0 Å². The Balaban J connectivity index is 0.000000640. The normalized spacial score (nSPS) is 10.3. The standard InChI is InChI=1S/C21H19N2S.3ClH.Ti/c1-16-9-8-10-17(2)21(16)23-19-13-6-7-14-20(19)24-22-15-18-11-4-3-5-12-18;;;;/h3-15H,1-2H3;3*1H;/q-1;;;;+4/p-3/b22-15-;;;;. The molecule has 3 aromatic carbocycles. The molecule has 0 N–H and O–H groups in total. The van der Waals surface area contributed by atoms with Crippen molar-refractivity contribution in [2.75, 3.05) is 0 Å². The summed E-state index contributed by atoms with van der Waals surface area (Å²) < 4.78 is 4.49. The number of hydrogen-bond donors (Lipinski definition) is 0. The molecule has 7 heteroatoms. The van der Waals surface area contributed by atoms with E-state index in [1.165, 1.54) is 23.1 Å². The van der Waals surface area contributed by atoms with Crippen LogP contribution in [0.15, 0.2) is 82.1 Å². The van der Waals surface area contributed by atoms with Crippen molar-refractivity contribution in [3.8, 4) is 0 Å². The molecule has 0 amide bonds.